The summed E-state index contributed by atoms with van der Waals surface area (Å²) in [6.45, 7) is 4.63. The molecule has 0 atom stereocenters. The molecule has 0 aliphatic heterocycles. The van der Waals surface area contributed by atoms with Gasteiger partial charge in [-0.3, -0.25) is 9.48 Å². The number of aromatic nitrogens is 3. The summed E-state index contributed by atoms with van der Waals surface area (Å²) in [6.07, 6.45) is 0.213. The Labute approximate surface area is 192 Å². The van der Waals surface area contributed by atoms with E-state index in [2.05, 4.69) is 11.2 Å². The first kappa shape index (κ1) is 22.0. The lowest BCUT2D eigenvalue weighted by Crippen LogP contribution is -2.32. The zero-order valence-corrected chi connectivity index (χ0v) is 18.9. The summed E-state index contributed by atoms with van der Waals surface area (Å²) in [5, 5.41) is 14.4. The minimum absolute atomic E-state index is 0.199. The minimum atomic E-state index is -0.199. The second-order valence-corrected chi connectivity index (χ2v) is 7.62. The SMILES string of the molecule is CCOc1ccc(N(CCC#N)C(=O)c2cc(-c3ccccc3)nc3c2c(C)nn3C)cc1. The van der Waals surface area contributed by atoms with Crippen molar-refractivity contribution in [2.75, 3.05) is 18.1 Å². The Bertz CT molecular complexity index is 1320. The molecule has 0 aliphatic carbocycles. The quantitative estimate of drug-likeness (QED) is 0.409. The van der Waals surface area contributed by atoms with Gasteiger partial charge in [0, 0.05) is 24.8 Å². The molecule has 0 radical (unpaired) electrons. The maximum atomic E-state index is 13.9. The second-order valence-electron chi connectivity index (χ2n) is 7.62. The Hall–Kier alpha value is -4.18. The van der Waals surface area contributed by atoms with E-state index in [4.69, 9.17) is 9.72 Å². The maximum absolute atomic E-state index is 13.9. The van der Waals surface area contributed by atoms with Gasteiger partial charge in [0.15, 0.2) is 5.65 Å². The predicted molar refractivity (Wildman–Crippen MR) is 128 cm³/mol. The van der Waals surface area contributed by atoms with E-state index in [0.717, 1.165) is 22.4 Å². The van der Waals surface area contributed by atoms with Gasteiger partial charge in [-0.15, -0.1) is 0 Å². The molecule has 2 aromatic heterocycles. The van der Waals surface area contributed by atoms with Crippen LogP contribution in [0.4, 0.5) is 5.69 Å². The molecule has 0 unspecified atom stereocenters. The van der Waals surface area contributed by atoms with Crippen molar-refractivity contribution in [3.05, 3.63) is 71.9 Å². The maximum Gasteiger partial charge on any atom is 0.259 e. The van der Waals surface area contributed by atoms with E-state index >= 15 is 0 Å². The molecule has 0 aliphatic rings. The van der Waals surface area contributed by atoms with Crippen LogP contribution in [-0.2, 0) is 7.05 Å². The van der Waals surface area contributed by atoms with Crippen LogP contribution in [0.25, 0.3) is 22.3 Å². The van der Waals surface area contributed by atoms with Crippen molar-refractivity contribution in [2.24, 2.45) is 7.05 Å². The van der Waals surface area contributed by atoms with Crippen LogP contribution < -0.4 is 9.64 Å². The van der Waals surface area contributed by atoms with Gasteiger partial charge >= 0.3 is 0 Å². The van der Waals surface area contributed by atoms with Crippen LogP contribution in [0.15, 0.2) is 60.7 Å². The number of nitriles is 1. The fraction of sp³-hybridized carbons (Fsp3) is 0.231. The third-order valence-corrected chi connectivity index (χ3v) is 5.42. The van der Waals surface area contributed by atoms with Crippen LogP contribution in [0, 0.1) is 18.3 Å². The number of rotatable bonds is 7. The summed E-state index contributed by atoms with van der Waals surface area (Å²) >= 11 is 0. The molecule has 2 heterocycles. The number of carbonyl (C=O) groups excluding carboxylic acids is 1. The van der Waals surface area contributed by atoms with Crippen molar-refractivity contribution in [2.45, 2.75) is 20.3 Å². The van der Waals surface area contributed by atoms with Crippen molar-refractivity contribution < 1.29 is 9.53 Å². The van der Waals surface area contributed by atoms with E-state index in [1.807, 2.05) is 81.6 Å². The first-order valence-corrected chi connectivity index (χ1v) is 10.8. The normalized spacial score (nSPS) is 10.7. The van der Waals surface area contributed by atoms with Gasteiger partial charge in [-0.2, -0.15) is 10.4 Å². The highest BCUT2D eigenvalue weighted by Gasteiger charge is 2.24. The van der Waals surface area contributed by atoms with Gasteiger partial charge in [0.25, 0.3) is 5.91 Å². The molecule has 0 fully saturated rings. The molecule has 7 nitrogen and oxygen atoms in total. The second kappa shape index (κ2) is 9.53. The number of nitrogens with zero attached hydrogens (tertiary/aromatic N) is 5. The van der Waals surface area contributed by atoms with Crippen molar-refractivity contribution in [1.29, 1.82) is 5.26 Å². The van der Waals surface area contributed by atoms with Crippen molar-refractivity contribution >= 4 is 22.6 Å². The summed E-state index contributed by atoms with van der Waals surface area (Å²) in [6, 6.07) is 21.1. The molecule has 0 saturated carbocycles. The number of ether oxygens (including phenoxy) is 1. The number of carbonyl (C=O) groups is 1. The summed E-state index contributed by atoms with van der Waals surface area (Å²) in [5.74, 6) is 0.532. The van der Waals surface area contributed by atoms with E-state index in [1.165, 1.54) is 0 Å². The Balaban J connectivity index is 1.85. The molecular weight excluding hydrogens is 414 g/mol. The van der Waals surface area contributed by atoms with Crippen molar-refractivity contribution in [3.63, 3.8) is 0 Å². The number of hydrogen-bond acceptors (Lipinski definition) is 5. The fourth-order valence-electron chi connectivity index (χ4n) is 3.91. The van der Waals surface area contributed by atoms with Gasteiger partial charge in [0.05, 0.1) is 41.4 Å². The van der Waals surface area contributed by atoms with Gasteiger partial charge in [-0.05, 0) is 44.2 Å². The highest BCUT2D eigenvalue weighted by atomic mass is 16.5. The van der Waals surface area contributed by atoms with Gasteiger partial charge in [0.2, 0.25) is 0 Å². The molecule has 1 amide bonds. The van der Waals surface area contributed by atoms with E-state index in [0.29, 0.717) is 29.2 Å². The van der Waals surface area contributed by atoms with Crippen LogP contribution in [0.5, 0.6) is 5.75 Å². The van der Waals surface area contributed by atoms with E-state index in [-0.39, 0.29) is 18.9 Å². The van der Waals surface area contributed by atoms with Crippen LogP contribution >= 0.6 is 0 Å². The largest absolute Gasteiger partial charge is 0.494 e. The van der Waals surface area contributed by atoms with Crippen LogP contribution in [0.2, 0.25) is 0 Å². The van der Waals surface area contributed by atoms with Crippen LogP contribution in [-0.4, -0.2) is 33.8 Å². The highest BCUT2D eigenvalue weighted by Crippen LogP contribution is 2.29. The van der Waals surface area contributed by atoms with E-state index in [1.54, 1.807) is 9.58 Å². The minimum Gasteiger partial charge on any atom is -0.494 e. The first-order valence-electron chi connectivity index (χ1n) is 10.8. The summed E-state index contributed by atoms with van der Waals surface area (Å²) in [7, 11) is 1.82. The Kier molecular flexibility index (Phi) is 6.36. The van der Waals surface area contributed by atoms with Crippen LogP contribution in [0.1, 0.15) is 29.4 Å². The summed E-state index contributed by atoms with van der Waals surface area (Å²) < 4.78 is 7.23. The average Bonchev–Trinajstić information content (AvgIpc) is 3.13. The van der Waals surface area contributed by atoms with Gasteiger partial charge in [-0.25, -0.2) is 4.98 Å². The molecule has 4 rings (SSSR count). The highest BCUT2D eigenvalue weighted by molar-refractivity contribution is 6.14. The lowest BCUT2D eigenvalue weighted by Gasteiger charge is -2.23. The molecule has 7 heteroatoms. The Morgan fingerprint density at radius 2 is 1.88 bits per heavy atom. The monoisotopic (exact) mass is 439 g/mol. The Morgan fingerprint density at radius 1 is 1.15 bits per heavy atom. The molecule has 0 N–H and O–H groups in total. The molecule has 0 saturated heterocycles. The number of hydrogen-bond donors (Lipinski definition) is 0. The molecule has 4 aromatic rings. The zero-order valence-electron chi connectivity index (χ0n) is 18.9. The van der Waals surface area contributed by atoms with E-state index < -0.39 is 0 Å². The zero-order chi connectivity index (χ0) is 23.4. The third kappa shape index (κ3) is 4.41. The van der Waals surface area contributed by atoms with E-state index in [9.17, 15) is 10.1 Å². The molecule has 166 valence electrons. The average molecular weight is 440 g/mol. The fourth-order valence-corrected chi connectivity index (χ4v) is 3.91. The van der Waals surface area contributed by atoms with Crippen LogP contribution in [0.3, 0.4) is 0 Å². The standard InChI is InChI=1S/C26H25N5O2/c1-4-33-21-13-11-20(12-14-21)31(16-8-15-27)26(32)22-17-23(19-9-6-5-7-10-19)28-25-24(22)18(2)29-30(25)3/h5-7,9-14,17H,4,8,16H2,1-3H3. The number of anilines is 1. The smallest absolute Gasteiger partial charge is 0.259 e. The first-order chi connectivity index (χ1) is 16.0. The van der Waals surface area contributed by atoms with Gasteiger partial charge < -0.3 is 9.64 Å². The van der Waals surface area contributed by atoms with Gasteiger partial charge in [0.1, 0.15) is 5.75 Å². The number of amides is 1. The van der Waals surface area contributed by atoms with Crippen molar-refractivity contribution in [1.82, 2.24) is 14.8 Å². The lowest BCUT2D eigenvalue weighted by atomic mass is 10.0. The third-order valence-electron chi connectivity index (χ3n) is 5.42. The lowest BCUT2D eigenvalue weighted by molar-refractivity contribution is 0.0989. The predicted octanol–water partition coefficient (Wildman–Crippen LogP) is 4.90. The summed E-state index contributed by atoms with van der Waals surface area (Å²) in [5.41, 5.74) is 4.19. The molecule has 0 spiro atoms. The van der Waals surface area contributed by atoms with Gasteiger partial charge in [-0.1, -0.05) is 30.3 Å². The molecule has 2 aromatic carbocycles. The number of pyridine rings is 1. The molecule has 0 bridgehead atoms. The topological polar surface area (TPSA) is 84.0 Å². The summed E-state index contributed by atoms with van der Waals surface area (Å²) in [4.78, 5) is 20.4. The number of aryl methyl sites for hydroxylation is 2. The Morgan fingerprint density at radius 3 is 2.55 bits per heavy atom. The molecular formula is C26H25N5O2. The molecule has 33 heavy (non-hydrogen) atoms. The number of fused-ring (bicyclic) bond motifs is 1. The number of benzene rings is 2. The van der Waals surface area contributed by atoms with Crippen molar-refractivity contribution in [3.8, 4) is 23.1 Å².